The van der Waals surface area contributed by atoms with E-state index in [0.29, 0.717) is 16.5 Å². The van der Waals surface area contributed by atoms with Crippen molar-refractivity contribution in [3.63, 3.8) is 0 Å². The number of halogens is 2. The fourth-order valence-electron chi connectivity index (χ4n) is 1.36. The largest absolute Gasteiger partial charge is 0.322 e. The summed E-state index contributed by atoms with van der Waals surface area (Å²) in [5, 5.41) is 6.88. The zero-order valence-electron chi connectivity index (χ0n) is 8.23. The van der Waals surface area contributed by atoms with Crippen LogP contribution in [0.3, 0.4) is 0 Å². The van der Waals surface area contributed by atoms with Crippen molar-refractivity contribution in [2.75, 3.05) is 0 Å². The quantitative estimate of drug-likeness (QED) is 0.935. The minimum atomic E-state index is -0.156. The number of rotatable bonds is 3. The van der Waals surface area contributed by atoms with Crippen LogP contribution in [0.4, 0.5) is 0 Å². The fourth-order valence-corrected chi connectivity index (χ4v) is 2.20. The van der Waals surface area contributed by atoms with Gasteiger partial charge in [0, 0.05) is 5.38 Å². The third-order valence-corrected chi connectivity index (χ3v) is 3.46. The van der Waals surface area contributed by atoms with Crippen LogP contribution in [0, 0.1) is 0 Å². The Kier molecular flexibility index (Phi) is 3.76. The summed E-state index contributed by atoms with van der Waals surface area (Å²) in [6.45, 7) is 0. The summed E-state index contributed by atoms with van der Waals surface area (Å²) in [6.07, 6.45) is 0.669. The molecule has 2 aromatic rings. The van der Waals surface area contributed by atoms with E-state index in [1.165, 1.54) is 11.5 Å². The van der Waals surface area contributed by atoms with Gasteiger partial charge in [-0.3, -0.25) is 0 Å². The molecular formula is C10H9Cl2N3S. The van der Waals surface area contributed by atoms with E-state index in [-0.39, 0.29) is 6.04 Å². The van der Waals surface area contributed by atoms with Crippen molar-refractivity contribution >= 4 is 34.7 Å². The van der Waals surface area contributed by atoms with Crippen molar-refractivity contribution in [1.82, 2.24) is 9.59 Å². The van der Waals surface area contributed by atoms with Crippen LogP contribution < -0.4 is 5.73 Å². The van der Waals surface area contributed by atoms with E-state index in [1.807, 2.05) is 17.5 Å². The molecule has 1 heterocycles. The third kappa shape index (κ3) is 2.71. The second-order valence-corrected chi connectivity index (χ2v) is 4.81. The van der Waals surface area contributed by atoms with Gasteiger partial charge in [0.25, 0.3) is 0 Å². The Bertz CT molecular complexity index is 473. The molecule has 16 heavy (non-hydrogen) atoms. The highest BCUT2D eigenvalue weighted by molar-refractivity contribution is 7.03. The molecule has 6 heteroatoms. The summed E-state index contributed by atoms with van der Waals surface area (Å²) in [6, 6.07) is 5.35. The number of nitrogens with two attached hydrogens (primary N) is 1. The van der Waals surface area contributed by atoms with Gasteiger partial charge in [-0.15, -0.1) is 5.10 Å². The van der Waals surface area contributed by atoms with Crippen LogP contribution in [0.5, 0.6) is 0 Å². The lowest BCUT2D eigenvalue weighted by Crippen LogP contribution is -2.13. The summed E-state index contributed by atoms with van der Waals surface area (Å²) >= 11 is 13.1. The first kappa shape index (κ1) is 11.8. The molecule has 1 atom stereocenters. The summed E-state index contributed by atoms with van der Waals surface area (Å²) in [7, 11) is 0. The highest BCUT2D eigenvalue weighted by Crippen LogP contribution is 2.24. The lowest BCUT2D eigenvalue weighted by atomic mass is 10.1. The summed E-state index contributed by atoms with van der Waals surface area (Å²) in [5.41, 5.74) is 7.83. The molecule has 0 saturated carbocycles. The van der Waals surface area contributed by atoms with Crippen LogP contribution in [-0.2, 0) is 6.42 Å². The average Bonchev–Trinajstić information content (AvgIpc) is 2.77. The Labute approximate surface area is 107 Å². The van der Waals surface area contributed by atoms with Crippen LogP contribution in [-0.4, -0.2) is 9.59 Å². The van der Waals surface area contributed by atoms with E-state index < -0.39 is 0 Å². The van der Waals surface area contributed by atoms with Crippen molar-refractivity contribution in [3.05, 3.63) is 44.9 Å². The molecule has 0 spiro atoms. The van der Waals surface area contributed by atoms with Gasteiger partial charge in [-0.1, -0.05) is 33.8 Å². The Morgan fingerprint density at radius 2 is 2.12 bits per heavy atom. The zero-order chi connectivity index (χ0) is 11.5. The Hall–Kier alpha value is -0.680. The molecule has 0 fully saturated rings. The monoisotopic (exact) mass is 273 g/mol. The van der Waals surface area contributed by atoms with Gasteiger partial charge in [0.15, 0.2) is 0 Å². The molecule has 2 N–H and O–H groups in total. The molecule has 2 rings (SSSR count). The third-order valence-electron chi connectivity index (χ3n) is 2.20. The highest BCUT2D eigenvalue weighted by Gasteiger charge is 2.10. The second-order valence-electron chi connectivity index (χ2n) is 3.39. The molecule has 84 valence electrons. The maximum absolute atomic E-state index is 5.99. The Morgan fingerprint density at radius 3 is 2.75 bits per heavy atom. The van der Waals surface area contributed by atoms with Gasteiger partial charge in [0.2, 0.25) is 0 Å². The SMILES string of the molecule is NC(Cc1ccc(Cl)c(Cl)c1)c1csnn1. The van der Waals surface area contributed by atoms with E-state index in [4.69, 9.17) is 28.9 Å². The number of aromatic nitrogens is 2. The first-order chi connectivity index (χ1) is 7.66. The Morgan fingerprint density at radius 1 is 1.31 bits per heavy atom. The molecule has 3 nitrogen and oxygen atoms in total. The van der Waals surface area contributed by atoms with Gasteiger partial charge < -0.3 is 5.73 Å². The molecule has 1 unspecified atom stereocenters. The van der Waals surface area contributed by atoms with Gasteiger partial charge in [-0.05, 0) is 35.6 Å². The standard InChI is InChI=1S/C10H9Cl2N3S/c11-7-2-1-6(3-8(7)12)4-9(13)10-5-16-15-14-10/h1-3,5,9H,4,13H2. The second kappa shape index (κ2) is 5.10. The fraction of sp³-hybridized carbons (Fsp3) is 0.200. The van der Waals surface area contributed by atoms with Crippen LogP contribution in [0.15, 0.2) is 23.6 Å². The smallest absolute Gasteiger partial charge is 0.0925 e. The molecule has 0 amide bonds. The van der Waals surface area contributed by atoms with Crippen LogP contribution >= 0.6 is 34.7 Å². The molecule has 0 radical (unpaired) electrons. The van der Waals surface area contributed by atoms with Gasteiger partial charge in [0.05, 0.1) is 21.8 Å². The van der Waals surface area contributed by atoms with E-state index in [1.54, 1.807) is 6.07 Å². The number of hydrogen-bond acceptors (Lipinski definition) is 4. The van der Waals surface area contributed by atoms with Crippen LogP contribution in [0.1, 0.15) is 17.3 Å². The maximum atomic E-state index is 5.99. The lowest BCUT2D eigenvalue weighted by molar-refractivity contribution is 0.692. The van der Waals surface area contributed by atoms with E-state index in [9.17, 15) is 0 Å². The lowest BCUT2D eigenvalue weighted by Gasteiger charge is -2.08. The minimum absolute atomic E-state index is 0.156. The topological polar surface area (TPSA) is 51.8 Å². The first-order valence-electron chi connectivity index (χ1n) is 4.63. The van der Waals surface area contributed by atoms with Gasteiger partial charge in [-0.25, -0.2) is 0 Å². The molecular weight excluding hydrogens is 265 g/mol. The predicted molar refractivity (Wildman–Crippen MR) is 67.0 cm³/mol. The summed E-state index contributed by atoms with van der Waals surface area (Å²) in [4.78, 5) is 0. The Balaban J connectivity index is 2.12. The van der Waals surface area contributed by atoms with Crippen LogP contribution in [0.2, 0.25) is 10.0 Å². The molecule has 0 aliphatic rings. The summed E-state index contributed by atoms with van der Waals surface area (Å²) < 4.78 is 3.78. The number of benzene rings is 1. The van der Waals surface area contributed by atoms with Crippen molar-refractivity contribution in [2.24, 2.45) is 5.73 Å². The predicted octanol–water partition coefficient (Wildman–Crippen LogP) is 3.09. The molecule has 0 aliphatic carbocycles. The first-order valence-corrected chi connectivity index (χ1v) is 6.22. The molecule has 0 saturated heterocycles. The van der Waals surface area contributed by atoms with E-state index in [2.05, 4.69) is 9.59 Å². The maximum Gasteiger partial charge on any atom is 0.0925 e. The van der Waals surface area contributed by atoms with Crippen LogP contribution in [0.25, 0.3) is 0 Å². The number of hydrogen-bond donors (Lipinski definition) is 1. The van der Waals surface area contributed by atoms with Crippen molar-refractivity contribution < 1.29 is 0 Å². The molecule has 1 aromatic heterocycles. The van der Waals surface area contributed by atoms with Crippen molar-refractivity contribution in [3.8, 4) is 0 Å². The van der Waals surface area contributed by atoms with Crippen molar-refractivity contribution in [1.29, 1.82) is 0 Å². The van der Waals surface area contributed by atoms with E-state index >= 15 is 0 Å². The molecule has 0 bridgehead atoms. The highest BCUT2D eigenvalue weighted by atomic mass is 35.5. The van der Waals surface area contributed by atoms with Crippen molar-refractivity contribution in [2.45, 2.75) is 12.5 Å². The average molecular weight is 274 g/mol. The van der Waals surface area contributed by atoms with Gasteiger partial charge >= 0.3 is 0 Å². The van der Waals surface area contributed by atoms with E-state index in [0.717, 1.165) is 11.3 Å². The minimum Gasteiger partial charge on any atom is -0.322 e. The molecule has 0 aliphatic heterocycles. The number of nitrogens with zero attached hydrogens (tertiary/aromatic N) is 2. The normalized spacial score (nSPS) is 12.7. The summed E-state index contributed by atoms with van der Waals surface area (Å²) in [5.74, 6) is 0. The zero-order valence-corrected chi connectivity index (χ0v) is 10.6. The molecule has 1 aromatic carbocycles. The van der Waals surface area contributed by atoms with Gasteiger partial charge in [-0.2, -0.15) is 0 Å². The van der Waals surface area contributed by atoms with Gasteiger partial charge in [0.1, 0.15) is 0 Å².